The molecular formula is C14H17BF3NO2. The number of carbonyl (C=O) groups is 1. The van der Waals surface area contributed by atoms with Crippen LogP contribution in [0.4, 0.5) is 13.2 Å². The normalized spacial score (nSPS) is 14.3. The van der Waals surface area contributed by atoms with Gasteiger partial charge in [-0.25, -0.2) is 0 Å². The summed E-state index contributed by atoms with van der Waals surface area (Å²) in [5.41, 5.74) is -0.0118. The van der Waals surface area contributed by atoms with Crippen molar-refractivity contribution in [1.82, 2.24) is 4.90 Å². The minimum absolute atomic E-state index is 0.242. The number of amides is 1. The number of halogens is 3. The maximum absolute atomic E-state index is 13.2. The molecule has 1 aromatic rings. The lowest BCUT2D eigenvalue weighted by molar-refractivity contribution is -0.137. The van der Waals surface area contributed by atoms with Crippen molar-refractivity contribution in [3.63, 3.8) is 0 Å². The van der Waals surface area contributed by atoms with E-state index in [9.17, 15) is 18.0 Å². The van der Waals surface area contributed by atoms with E-state index in [1.165, 1.54) is 18.0 Å². The van der Waals surface area contributed by atoms with Gasteiger partial charge >= 0.3 is 13.1 Å². The highest BCUT2D eigenvalue weighted by Crippen LogP contribution is 2.33. The summed E-state index contributed by atoms with van der Waals surface area (Å²) < 4.78 is 45.1. The predicted octanol–water partition coefficient (Wildman–Crippen LogP) is 2.55. The van der Waals surface area contributed by atoms with Crippen molar-refractivity contribution >= 4 is 18.3 Å². The van der Waals surface area contributed by atoms with Gasteiger partial charge in [0.1, 0.15) is 0 Å². The summed E-state index contributed by atoms with van der Waals surface area (Å²) in [4.78, 5) is 13.6. The van der Waals surface area contributed by atoms with Crippen LogP contribution in [0.5, 0.6) is 0 Å². The van der Waals surface area contributed by atoms with E-state index in [0.717, 1.165) is 6.07 Å². The molecule has 0 saturated heterocycles. The predicted molar refractivity (Wildman–Crippen MR) is 74.7 cm³/mol. The van der Waals surface area contributed by atoms with Gasteiger partial charge < -0.3 is 9.55 Å². The first-order chi connectivity index (χ1) is 9.75. The maximum Gasteiger partial charge on any atom is 0.417 e. The number of carbonyl (C=O) groups excluding carboxylic acids is 1. The van der Waals surface area contributed by atoms with Gasteiger partial charge in [0.05, 0.1) is 17.7 Å². The molecule has 21 heavy (non-hydrogen) atoms. The Hall–Kier alpha value is -1.50. The van der Waals surface area contributed by atoms with E-state index in [-0.39, 0.29) is 19.1 Å². The summed E-state index contributed by atoms with van der Waals surface area (Å²) in [6, 6.07) is 2.39. The fourth-order valence-corrected chi connectivity index (χ4v) is 2.52. The van der Waals surface area contributed by atoms with Crippen LogP contribution in [-0.4, -0.2) is 31.3 Å². The summed E-state index contributed by atoms with van der Waals surface area (Å²) in [5.74, 6) is -0.605. The number of benzene rings is 1. The van der Waals surface area contributed by atoms with Crippen LogP contribution in [0.15, 0.2) is 12.1 Å². The topological polar surface area (TPSA) is 29.5 Å². The fourth-order valence-electron chi connectivity index (χ4n) is 2.52. The smallest absolute Gasteiger partial charge is 0.417 e. The summed E-state index contributed by atoms with van der Waals surface area (Å²) in [7, 11) is 1.51. The minimum Gasteiger partial charge on any atom is -0.427 e. The largest absolute Gasteiger partial charge is 0.427 e. The van der Waals surface area contributed by atoms with Crippen LogP contribution in [0, 0.1) is 0 Å². The Bertz CT molecular complexity index is 560. The van der Waals surface area contributed by atoms with Gasteiger partial charge in [0.2, 0.25) is 0 Å². The molecule has 0 atom stereocenters. The van der Waals surface area contributed by atoms with Crippen LogP contribution in [-0.2, 0) is 17.4 Å². The van der Waals surface area contributed by atoms with Crippen LogP contribution in [0.1, 0.15) is 34.8 Å². The first-order valence-electron chi connectivity index (χ1n) is 6.86. The van der Waals surface area contributed by atoms with Gasteiger partial charge in [-0.15, -0.1) is 0 Å². The molecule has 1 aliphatic heterocycles. The van der Waals surface area contributed by atoms with E-state index < -0.39 is 17.6 Å². The Morgan fingerprint density at radius 3 is 2.67 bits per heavy atom. The summed E-state index contributed by atoms with van der Waals surface area (Å²) >= 11 is 0. The minimum atomic E-state index is -4.56. The zero-order chi connectivity index (χ0) is 15.8. The van der Waals surface area contributed by atoms with Crippen molar-refractivity contribution in [2.45, 2.75) is 33.0 Å². The molecule has 1 aliphatic rings. The van der Waals surface area contributed by atoms with Gasteiger partial charge in [0.25, 0.3) is 5.91 Å². The van der Waals surface area contributed by atoms with Crippen molar-refractivity contribution < 1.29 is 22.6 Å². The first-order valence-corrected chi connectivity index (χ1v) is 6.86. The van der Waals surface area contributed by atoms with E-state index in [1.807, 2.05) is 6.92 Å². The zero-order valence-electron chi connectivity index (χ0n) is 12.3. The lowest BCUT2D eigenvalue weighted by Gasteiger charge is -2.20. The van der Waals surface area contributed by atoms with Gasteiger partial charge in [0, 0.05) is 13.6 Å². The zero-order valence-corrected chi connectivity index (χ0v) is 12.3. The Morgan fingerprint density at radius 1 is 1.43 bits per heavy atom. The SMILES string of the molecule is CCCN(C)C(=O)c1cc2c(cc1C(F)(F)F)B(C)OC2. The highest BCUT2D eigenvalue weighted by Gasteiger charge is 2.38. The highest BCUT2D eigenvalue weighted by molar-refractivity contribution is 6.67. The Kier molecular flexibility index (Phi) is 4.32. The van der Waals surface area contributed by atoms with Crippen LogP contribution >= 0.6 is 0 Å². The number of hydrogen-bond acceptors (Lipinski definition) is 2. The number of alkyl halides is 3. The molecule has 0 aliphatic carbocycles. The molecule has 0 fully saturated rings. The Labute approximate surface area is 122 Å². The maximum atomic E-state index is 13.2. The van der Waals surface area contributed by atoms with E-state index in [2.05, 4.69) is 0 Å². The summed E-state index contributed by atoms with van der Waals surface area (Å²) in [6.07, 6.45) is -3.87. The Morgan fingerprint density at radius 2 is 2.10 bits per heavy atom. The van der Waals surface area contributed by atoms with E-state index in [0.29, 0.717) is 24.0 Å². The molecule has 0 N–H and O–H groups in total. The molecule has 0 saturated carbocycles. The third-order valence-corrected chi connectivity index (χ3v) is 3.65. The summed E-state index contributed by atoms with van der Waals surface area (Å²) in [5, 5.41) is 0. The monoisotopic (exact) mass is 299 g/mol. The van der Waals surface area contributed by atoms with E-state index >= 15 is 0 Å². The van der Waals surface area contributed by atoms with Crippen molar-refractivity contribution in [3.8, 4) is 0 Å². The quantitative estimate of drug-likeness (QED) is 0.803. The third kappa shape index (κ3) is 3.07. The second-order valence-corrected chi connectivity index (χ2v) is 5.27. The van der Waals surface area contributed by atoms with Crippen LogP contribution in [0.2, 0.25) is 6.82 Å². The molecule has 0 bridgehead atoms. The molecule has 2 rings (SSSR count). The molecule has 7 heteroatoms. The number of nitrogens with zero attached hydrogens (tertiary/aromatic N) is 1. The average Bonchev–Trinajstić information content (AvgIpc) is 2.77. The lowest BCUT2D eigenvalue weighted by atomic mass is 9.63. The molecule has 1 aromatic carbocycles. The van der Waals surface area contributed by atoms with Gasteiger partial charge in [0.15, 0.2) is 0 Å². The summed E-state index contributed by atoms with van der Waals surface area (Å²) in [6.45, 7) is 3.86. The van der Waals surface area contributed by atoms with Crippen molar-refractivity contribution in [2.24, 2.45) is 0 Å². The number of rotatable bonds is 3. The molecule has 114 valence electrons. The average molecular weight is 299 g/mol. The van der Waals surface area contributed by atoms with Crippen LogP contribution in [0.3, 0.4) is 0 Å². The molecule has 1 amide bonds. The highest BCUT2D eigenvalue weighted by atomic mass is 19.4. The molecule has 0 unspecified atom stereocenters. The molecule has 3 nitrogen and oxygen atoms in total. The fraction of sp³-hybridized carbons (Fsp3) is 0.500. The van der Waals surface area contributed by atoms with E-state index in [4.69, 9.17) is 4.65 Å². The number of fused-ring (bicyclic) bond motifs is 1. The second kappa shape index (κ2) is 5.71. The molecule has 0 radical (unpaired) electrons. The van der Waals surface area contributed by atoms with Crippen LogP contribution < -0.4 is 5.46 Å². The molecule has 0 spiro atoms. The molecule has 0 aromatic heterocycles. The second-order valence-electron chi connectivity index (χ2n) is 5.27. The van der Waals surface area contributed by atoms with Gasteiger partial charge in [-0.3, -0.25) is 4.79 Å². The van der Waals surface area contributed by atoms with Gasteiger partial charge in [-0.2, -0.15) is 13.2 Å². The third-order valence-electron chi connectivity index (χ3n) is 3.65. The molecular weight excluding hydrogens is 282 g/mol. The lowest BCUT2D eigenvalue weighted by Crippen LogP contribution is -2.32. The van der Waals surface area contributed by atoms with Crippen LogP contribution in [0.25, 0.3) is 0 Å². The molecule has 1 heterocycles. The van der Waals surface area contributed by atoms with Crippen molar-refractivity contribution in [3.05, 3.63) is 28.8 Å². The van der Waals surface area contributed by atoms with E-state index in [1.54, 1.807) is 6.82 Å². The van der Waals surface area contributed by atoms with Crippen molar-refractivity contribution in [1.29, 1.82) is 0 Å². The first kappa shape index (κ1) is 15.9. The van der Waals surface area contributed by atoms with Gasteiger partial charge in [-0.05, 0) is 23.5 Å². The Balaban J connectivity index is 2.52. The standard InChI is InChI=1S/C14H17BF3NO2/c1-4-5-19(3)13(20)10-6-9-8-21-15(2)12(9)7-11(10)14(16,17)18/h6-7H,4-5,8H2,1-3H3. The number of hydrogen-bond donors (Lipinski definition) is 0. The van der Waals surface area contributed by atoms with Crippen molar-refractivity contribution in [2.75, 3.05) is 13.6 Å². The van der Waals surface area contributed by atoms with Gasteiger partial charge in [-0.1, -0.05) is 19.8 Å².